The first kappa shape index (κ1) is 49.8. The van der Waals surface area contributed by atoms with Crippen molar-refractivity contribution in [3.63, 3.8) is 0 Å². The highest BCUT2D eigenvalue weighted by Crippen LogP contribution is 2.78. The highest BCUT2D eigenvalue weighted by Gasteiger charge is 2.73. The van der Waals surface area contributed by atoms with Crippen LogP contribution in [0.4, 0.5) is 0 Å². The van der Waals surface area contributed by atoms with E-state index in [1.807, 2.05) is 27.7 Å². The molecule has 16 unspecified atom stereocenters. The minimum Gasteiger partial charge on any atom is -0.392 e. The summed E-state index contributed by atoms with van der Waals surface area (Å²) in [6.45, 7) is 29.4. The molecule has 67 heavy (non-hydrogen) atoms. The summed E-state index contributed by atoms with van der Waals surface area (Å²) < 4.78 is 6.47. The molecule has 0 N–H and O–H groups in total. The highest BCUT2D eigenvalue weighted by molar-refractivity contribution is 6.02. The molecule has 0 aromatic carbocycles. The highest BCUT2D eigenvalue weighted by atomic mass is 16.6. The van der Waals surface area contributed by atoms with Crippen LogP contribution < -0.4 is 0 Å². The van der Waals surface area contributed by atoms with Crippen LogP contribution in [-0.4, -0.2) is 23.5 Å². The Morgan fingerprint density at radius 2 is 0.896 bits per heavy atom. The second kappa shape index (κ2) is 17.1. The van der Waals surface area contributed by atoms with E-state index in [0.717, 1.165) is 116 Å². The van der Waals surface area contributed by atoms with E-state index in [1.54, 1.807) is 12.2 Å². The summed E-state index contributed by atoms with van der Waals surface area (Å²) in [5, 5.41) is 20.0. The molecule has 18 atom stereocenters. The number of rotatable bonds is 2. The number of fused-ring (bicyclic) bond motifs is 14. The molecular formula is C60H84N2O5. The zero-order chi connectivity index (χ0) is 48.9. The number of Topliss-reactive ketones (excluding diaryl/α,β-unsaturated/α-hetero) is 2. The molecule has 0 amide bonds. The van der Waals surface area contributed by atoms with E-state index in [1.165, 1.54) is 0 Å². The average Bonchev–Trinajstić information content (AvgIpc) is 3.94. The number of allylic oxidation sites excluding steroid dienone is 6. The average molecular weight is 913 g/mol. The maximum Gasteiger partial charge on any atom is 0.320 e. The number of nitriles is 2. The van der Waals surface area contributed by atoms with Crippen molar-refractivity contribution in [2.24, 2.45) is 102 Å². The lowest BCUT2D eigenvalue weighted by atomic mass is 9.34. The number of hydrogen-bond acceptors (Lipinski definition) is 7. The van der Waals surface area contributed by atoms with Crippen LogP contribution in [-0.2, 0) is 23.9 Å². The summed E-state index contributed by atoms with van der Waals surface area (Å²) in [6.07, 6.45) is 25.0. The van der Waals surface area contributed by atoms with Crippen molar-refractivity contribution < 1.29 is 23.9 Å². The van der Waals surface area contributed by atoms with Crippen LogP contribution in [0.5, 0.6) is 0 Å². The van der Waals surface area contributed by atoms with Gasteiger partial charge in [0.1, 0.15) is 12.1 Å². The molecular weight excluding hydrogens is 829 g/mol. The summed E-state index contributed by atoms with van der Waals surface area (Å²) in [6, 6.07) is 4.55. The lowest BCUT2D eigenvalue weighted by Crippen LogP contribution is -2.65. The fraction of sp³-hybridized carbons (Fsp3) is 0.767. The first-order valence-electron chi connectivity index (χ1n) is 26.8. The van der Waals surface area contributed by atoms with Gasteiger partial charge in [-0.05, 0) is 196 Å². The number of ketones is 2. The Bertz CT molecular complexity index is 2090. The Morgan fingerprint density at radius 1 is 0.537 bits per heavy atom. The van der Waals surface area contributed by atoms with E-state index in [0.29, 0.717) is 34.8 Å². The third kappa shape index (κ3) is 6.56. The standard InChI is InChI=1S/C54H72N2O5.2C3H6/c1-31-35-17-21-51(7)41(47(35,3)27-33(29-55)43(31)57)15-13-37-39-11-9-19-53(39,25-23-49(37,51)5)45(59)61-46(60)54-20-10-12-40(54)38-14-16-42-48(4)28-34(30-56)44(58)32(2)36(48)18-22-52(42,8)50(38,6)24-26-54;2*1-3-2/h27-28,31-32,35-42H,9-26H2,1-8H3;2*3H,1H2,2H3/t31?,32?,35?,36?,37?,38?,39?,40?,41?,42?,47?,48?,49-,50-,51?,52?,53?,54?;;/m1../s1. The van der Waals surface area contributed by atoms with Gasteiger partial charge in [0.2, 0.25) is 0 Å². The molecule has 0 saturated heterocycles. The number of carbonyl (C=O) groups excluding carboxylic acids is 4. The van der Waals surface area contributed by atoms with Gasteiger partial charge in [-0.1, -0.05) is 92.5 Å². The lowest BCUT2D eigenvalue weighted by Gasteiger charge is -2.70. The maximum absolute atomic E-state index is 15.0. The SMILES string of the molecule is C=CC.C=CC.CC1C(=O)C(C#N)=CC2(C)C1CCC1(C)C2CCC2C3CCCC3(C(=O)OC(=O)C34CCCC3C3CCC5C6(C)C=C(C#N)C(=O)C(C)C6CCC5(C)[C@]3(C)CC4)CC[C@]21C. The van der Waals surface area contributed by atoms with Crippen molar-refractivity contribution in [2.75, 3.05) is 0 Å². The molecule has 0 bridgehead atoms. The van der Waals surface area contributed by atoms with Crippen LogP contribution in [0.3, 0.4) is 0 Å². The van der Waals surface area contributed by atoms with E-state index in [2.05, 4.69) is 79.0 Å². The quantitative estimate of drug-likeness (QED) is 0.153. The first-order valence-corrected chi connectivity index (χ1v) is 26.8. The molecule has 7 nitrogen and oxygen atoms in total. The van der Waals surface area contributed by atoms with E-state index < -0.39 is 10.8 Å². The van der Waals surface area contributed by atoms with Gasteiger partial charge in [0, 0.05) is 11.8 Å². The van der Waals surface area contributed by atoms with Crippen LogP contribution >= 0.6 is 0 Å². The molecule has 0 heterocycles. The van der Waals surface area contributed by atoms with Crippen molar-refractivity contribution >= 4 is 23.5 Å². The Labute approximate surface area is 404 Å². The number of carbonyl (C=O) groups is 4. The minimum atomic E-state index is -0.606. The van der Waals surface area contributed by atoms with Gasteiger partial charge in [0.25, 0.3) is 0 Å². The van der Waals surface area contributed by atoms with Gasteiger partial charge in [0.15, 0.2) is 11.6 Å². The summed E-state index contributed by atoms with van der Waals surface area (Å²) >= 11 is 0. The van der Waals surface area contributed by atoms with Gasteiger partial charge < -0.3 is 4.74 Å². The molecule has 10 aliphatic rings. The van der Waals surface area contributed by atoms with Crippen molar-refractivity contribution in [3.8, 4) is 12.1 Å². The van der Waals surface area contributed by atoms with E-state index in [9.17, 15) is 20.1 Å². The van der Waals surface area contributed by atoms with E-state index >= 15 is 9.59 Å². The van der Waals surface area contributed by atoms with Crippen LogP contribution in [0, 0.1) is 125 Å². The molecule has 10 aliphatic carbocycles. The predicted molar refractivity (Wildman–Crippen MR) is 263 cm³/mol. The van der Waals surface area contributed by atoms with Crippen LogP contribution in [0.15, 0.2) is 48.6 Å². The summed E-state index contributed by atoms with van der Waals surface area (Å²) in [4.78, 5) is 56.5. The first-order chi connectivity index (χ1) is 31.6. The summed E-state index contributed by atoms with van der Waals surface area (Å²) in [5.41, 5.74) is -0.848. The van der Waals surface area contributed by atoms with Gasteiger partial charge in [0.05, 0.1) is 22.0 Å². The molecule has 0 aromatic heterocycles. The van der Waals surface area contributed by atoms with Crippen LogP contribution in [0.1, 0.15) is 185 Å². The van der Waals surface area contributed by atoms with Crippen molar-refractivity contribution in [1.29, 1.82) is 10.5 Å². The molecule has 0 spiro atoms. The Kier molecular flexibility index (Phi) is 12.7. The zero-order valence-electron chi connectivity index (χ0n) is 43.2. The number of nitrogens with zero attached hydrogens (tertiary/aromatic N) is 2. The van der Waals surface area contributed by atoms with Gasteiger partial charge >= 0.3 is 11.9 Å². The van der Waals surface area contributed by atoms with Crippen molar-refractivity contribution in [3.05, 3.63) is 48.6 Å². The molecule has 0 aromatic rings. The maximum atomic E-state index is 15.0. The summed E-state index contributed by atoms with van der Waals surface area (Å²) in [7, 11) is 0. The Hall–Kier alpha value is -3.58. The van der Waals surface area contributed by atoms with E-state index in [-0.39, 0.29) is 91.5 Å². The fourth-order valence-corrected chi connectivity index (χ4v) is 20.5. The largest absolute Gasteiger partial charge is 0.392 e. The van der Waals surface area contributed by atoms with Gasteiger partial charge in [-0.2, -0.15) is 10.5 Å². The Balaban J connectivity index is 0.000000964. The zero-order valence-corrected chi connectivity index (χ0v) is 43.2. The lowest BCUT2D eigenvalue weighted by molar-refractivity contribution is -0.223. The van der Waals surface area contributed by atoms with Gasteiger partial charge in [-0.3, -0.25) is 19.2 Å². The third-order valence-electron chi connectivity index (χ3n) is 23.9. The second-order valence-electron chi connectivity index (χ2n) is 25.6. The normalized spacial score (nSPS) is 49.8. The molecule has 8 saturated carbocycles. The predicted octanol–water partition coefficient (Wildman–Crippen LogP) is 13.8. The van der Waals surface area contributed by atoms with Crippen molar-refractivity contribution in [2.45, 2.75) is 185 Å². The molecule has 10 rings (SSSR count). The third-order valence-corrected chi connectivity index (χ3v) is 23.9. The second-order valence-corrected chi connectivity index (χ2v) is 25.6. The van der Waals surface area contributed by atoms with Gasteiger partial charge in [-0.15, -0.1) is 13.2 Å². The number of esters is 2. The number of ether oxygens (including phenoxy) is 1. The van der Waals surface area contributed by atoms with Gasteiger partial charge in [-0.25, -0.2) is 0 Å². The molecule has 0 aliphatic heterocycles. The smallest absolute Gasteiger partial charge is 0.320 e. The fourth-order valence-electron chi connectivity index (χ4n) is 20.5. The molecule has 7 heteroatoms. The van der Waals surface area contributed by atoms with Crippen molar-refractivity contribution in [1.82, 2.24) is 0 Å². The topological polar surface area (TPSA) is 125 Å². The van der Waals surface area contributed by atoms with Crippen LogP contribution in [0.25, 0.3) is 0 Å². The van der Waals surface area contributed by atoms with Crippen LogP contribution in [0.2, 0.25) is 0 Å². The monoisotopic (exact) mass is 913 g/mol. The minimum absolute atomic E-state index is 0.0150. The number of hydrogen-bond donors (Lipinski definition) is 0. The molecule has 8 fully saturated rings. The molecule has 0 radical (unpaired) electrons. The van der Waals surface area contributed by atoms with E-state index in [4.69, 9.17) is 4.74 Å². The molecule has 364 valence electrons. The Morgan fingerprint density at radius 3 is 1.24 bits per heavy atom. The summed E-state index contributed by atoms with van der Waals surface area (Å²) in [5.74, 6) is 1.72.